The normalized spacial score (nSPS) is 12.5. The van der Waals surface area contributed by atoms with Gasteiger partial charge >= 0.3 is 5.97 Å². The van der Waals surface area contributed by atoms with Crippen molar-refractivity contribution in [2.45, 2.75) is 52.4 Å². The molecule has 0 N–H and O–H groups in total. The highest BCUT2D eigenvalue weighted by Crippen LogP contribution is 2.19. The molecular formula is C12H23IO2. The Balaban J connectivity index is 3.55. The van der Waals surface area contributed by atoms with Crippen molar-refractivity contribution < 1.29 is 9.53 Å². The second kappa shape index (κ2) is 10.7. The predicted octanol–water partition coefficient (Wildman–Crippen LogP) is 3.96. The first-order valence-electron chi connectivity index (χ1n) is 5.96. The van der Waals surface area contributed by atoms with Crippen molar-refractivity contribution in [2.24, 2.45) is 5.92 Å². The van der Waals surface area contributed by atoms with Gasteiger partial charge in [-0.3, -0.25) is 4.79 Å². The average molecular weight is 326 g/mol. The Labute approximate surface area is 107 Å². The van der Waals surface area contributed by atoms with E-state index in [0.29, 0.717) is 13.0 Å². The highest BCUT2D eigenvalue weighted by atomic mass is 127. The lowest BCUT2D eigenvalue weighted by molar-refractivity contribution is -0.143. The van der Waals surface area contributed by atoms with E-state index in [0.717, 1.165) is 12.3 Å². The van der Waals surface area contributed by atoms with Gasteiger partial charge in [0.05, 0.1) is 6.61 Å². The van der Waals surface area contributed by atoms with Gasteiger partial charge in [-0.05, 0) is 36.5 Å². The molecule has 0 aromatic heterocycles. The van der Waals surface area contributed by atoms with E-state index in [1.165, 1.54) is 30.1 Å². The Kier molecular flexibility index (Phi) is 10.9. The molecule has 0 aliphatic heterocycles. The molecule has 0 radical (unpaired) electrons. The molecular weight excluding hydrogens is 303 g/mol. The van der Waals surface area contributed by atoms with Crippen LogP contribution in [0.15, 0.2) is 0 Å². The monoisotopic (exact) mass is 326 g/mol. The van der Waals surface area contributed by atoms with Gasteiger partial charge in [-0.1, -0.05) is 42.4 Å². The zero-order valence-corrected chi connectivity index (χ0v) is 12.1. The first kappa shape index (κ1) is 15.2. The number of halogens is 1. The Morgan fingerprint density at radius 1 is 1.27 bits per heavy atom. The quantitative estimate of drug-likeness (QED) is 0.364. The van der Waals surface area contributed by atoms with Crippen LogP contribution in [0.25, 0.3) is 0 Å². The molecule has 0 saturated heterocycles. The van der Waals surface area contributed by atoms with Crippen LogP contribution < -0.4 is 0 Å². The number of hydrogen-bond donors (Lipinski definition) is 0. The van der Waals surface area contributed by atoms with E-state index in [4.69, 9.17) is 4.74 Å². The van der Waals surface area contributed by atoms with Gasteiger partial charge in [0.2, 0.25) is 0 Å². The fourth-order valence-corrected chi connectivity index (χ4v) is 2.64. The van der Waals surface area contributed by atoms with Crippen LogP contribution >= 0.6 is 22.6 Å². The Morgan fingerprint density at radius 2 is 2.00 bits per heavy atom. The third-order valence-corrected chi connectivity index (χ3v) is 3.14. The Morgan fingerprint density at radius 3 is 2.53 bits per heavy atom. The van der Waals surface area contributed by atoms with Crippen LogP contribution in [0.5, 0.6) is 0 Å². The number of carbonyl (C=O) groups excluding carboxylic acids is 1. The minimum absolute atomic E-state index is 0.0396. The van der Waals surface area contributed by atoms with Gasteiger partial charge < -0.3 is 4.74 Å². The lowest BCUT2D eigenvalue weighted by Gasteiger charge is -2.13. The molecule has 0 aliphatic carbocycles. The van der Waals surface area contributed by atoms with Crippen LogP contribution in [-0.2, 0) is 9.53 Å². The Hall–Kier alpha value is 0.200. The average Bonchev–Trinajstić information content (AvgIpc) is 2.19. The van der Waals surface area contributed by atoms with Crippen LogP contribution in [0, 0.1) is 5.92 Å². The van der Waals surface area contributed by atoms with Crippen LogP contribution in [0.4, 0.5) is 0 Å². The van der Waals surface area contributed by atoms with E-state index in [2.05, 4.69) is 29.5 Å². The van der Waals surface area contributed by atoms with E-state index < -0.39 is 0 Å². The van der Waals surface area contributed by atoms with Gasteiger partial charge in [0, 0.05) is 6.42 Å². The molecule has 1 unspecified atom stereocenters. The Bertz CT molecular complexity index is 154. The smallest absolute Gasteiger partial charge is 0.305 e. The van der Waals surface area contributed by atoms with E-state index in [1.807, 2.05) is 6.92 Å². The van der Waals surface area contributed by atoms with Gasteiger partial charge in [0.15, 0.2) is 0 Å². The van der Waals surface area contributed by atoms with Crippen molar-refractivity contribution in [1.82, 2.24) is 0 Å². The van der Waals surface area contributed by atoms with Gasteiger partial charge in [-0.2, -0.15) is 0 Å². The fourth-order valence-electron chi connectivity index (χ4n) is 1.76. The standard InChI is InChI=1S/C12H23IO2/c1-3-6-11(9-10-13)7-5-8-12(14)15-4-2/h11H,3-10H2,1-2H3. The van der Waals surface area contributed by atoms with E-state index in [-0.39, 0.29) is 5.97 Å². The molecule has 0 bridgehead atoms. The lowest BCUT2D eigenvalue weighted by atomic mass is 9.95. The molecule has 0 heterocycles. The highest BCUT2D eigenvalue weighted by molar-refractivity contribution is 14.1. The highest BCUT2D eigenvalue weighted by Gasteiger charge is 2.08. The van der Waals surface area contributed by atoms with Crippen LogP contribution in [0.2, 0.25) is 0 Å². The topological polar surface area (TPSA) is 26.3 Å². The first-order valence-corrected chi connectivity index (χ1v) is 7.48. The maximum Gasteiger partial charge on any atom is 0.305 e. The summed E-state index contributed by atoms with van der Waals surface area (Å²) >= 11 is 2.43. The molecule has 0 aliphatic rings. The van der Waals surface area contributed by atoms with Crippen molar-refractivity contribution >= 4 is 28.6 Å². The van der Waals surface area contributed by atoms with Gasteiger partial charge in [0.25, 0.3) is 0 Å². The SMILES string of the molecule is CCCC(CCI)CCCC(=O)OCC. The predicted molar refractivity (Wildman–Crippen MR) is 72.4 cm³/mol. The molecule has 3 heteroatoms. The minimum Gasteiger partial charge on any atom is -0.466 e. The van der Waals surface area contributed by atoms with Crippen molar-refractivity contribution in [1.29, 1.82) is 0 Å². The molecule has 0 rings (SSSR count). The minimum atomic E-state index is -0.0396. The van der Waals surface area contributed by atoms with Crippen molar-refractivity contribution in [3.8, 4) is 0 Å². The molecule has 0 amide bonds. The summed E-state index contributed by atoms with van der Waals surface area (Å²) in [5.74, 6) is 0.767. The van der Waals surface area contributed by atoms with Crippen LogP contribution in [-0.4, -0.2) is 17.0 Å². The summed E-state index contributed by atoms with van der Waals surface area (Å²) in [7, 11) is 0. The number of hydrogen-bond acceptors (Lipinski definition) is 2. The van der Waals surface area contributed by atoms with Crippen molar-refractivity contribution in [3.63, 3.8) is 0 Å². The maximum atomic E-state index is 11.1. The molecule has 2 nitrogen and oxygen atoms in total. The molecule has 15 heavy (non-hydrogen) atoms. The third-order valence-electron chi connectivity index (χ3n) is 2.51. The second-order valence-electron chi connectivity index (χ2n) is 3.83. The number of esters is 1. The molecule has 0 saturated carbocycles. The number of carbonyl (C=O) groups is 1. The van der Waals surface area contributed by atoms with Crippen molar-refractivity contribution in [2.75, 3.05) is 11.0 Å². The van der Waals surface area contributed by atoms with E-state index in [9.17, 15) is 4.79 Å². The maximum absolute atomic E-state index is 11.1. The van der Waals surface area contributed by atoms with Crippen molar-refractivity contribution in [3.05, 3.63) is 0 Å². The third kappa shape index (κ3) is 9.15. The summed E-state index contributed by atoms with van der Waals surface area (Å²) in [6, 6.07) is 0. The molecule has 1 atom stereocenters. The van der Waals surface area contributed by atoms with Crippen LogP contribution in [0.3, 0.4) is 0 Å². The molecule has 0 aromatic rings. The van der Waals surface area contributed by atoms with Gasteiger partial charge in [-0.25, -0.2) is 0 Å². The van der Waals surface area contributed by atoms with E-state index >= 15 is 0 Å². The summed E-state index contributed by atoms with van der Waals surface area (Å²) in [4.78, 5) is 11.1. The molecule has 0 spiro atoms. The summed E-state index contributed by atoms with van der Waals surface area (Å²) < 4.78 is 6.13. The van der Waals surface area contributed by atoms with Gasteiger partial charge in [-0.15, -0.1) is 0 Å². The first-order chi connectivity index (χ1) is 7.24. The number of rotatable bonds is 9. The summed E-state index contributed by atoms with van der Waals surface area (Å²) in [6.07, 6.45) is 6.59. The fraction of sp³-hybridized carbons (Fsp3) is 0.917. The lowest BCUT2D eigenvalue weighted by Crippen LogP contribution is -2.06. The number of ether oxygens (including phenoxy) is 1. The van der Waals surface area contributed by atoms with Gasteiger partial charge in [0.1, 0.15) is 0 Å². The zero-order chi connectivity index (χ0) is 11.5. The van der Waals surface area contributed by atoms with Crippen LogP contribution in [0.1, 0.15) is 52.4 Å². The molecule has 90 valence electrons. The van der Waals surface area contributed by atoms with E-state index in [1.54, 1.807) is 0 Å². The summed E-state index contributed by atoms with van der Waals surface area (Å²) in [5, 5.41) is 0. The second-order valence-corrected chi connectivity index (χ2v) is 4.91. The zero-order valence-electron chi connectivity index (χ0n) is 9.93. The number of alkyl halides is 1. The summed E-state index contributed by atoms with van der Waals surface area (Å²) in [5.41, 5.74) is 0. The molecule has 0 aromatic carbocycles. The molecule has 0 fully saturated rings. The summed E-state index contributed by atoms with van der Waals surface area (Å²) in [6.45, 7) is 4.59. The largest absolute Gasteiger partial charge is 0.466 e.